The molecule has 15 nitrogen and oxygen atoms in total. The molecule has 0 radical (unpaired) electrons. The highest BCUT2D eigenvalue weighted by molar-refractivity contribution is 5.74. The molecule has 0 aliphatic carbocycles. The van der Waals surface area contributed by atoms with Crippen LogP contribution in [0.25, 0.3) is 0 Å². The first kappa shape index (κ1) is 40.1. The number of carbonyl (C=O) groups excluding carboxylic acids is 2. The molecule has 5 rings (SSSR count). The van der Waals surface area contributed by atoms with Crippen LogP contribution in [0, 0.1) is 0 Å². The predicted octanol–water partition coefficient (Wildman–Crippen LogP) is 5.17. The summed E-state index contributed by atoms with van der Waals surface area (Å²) < 4.78 is 56.1. The molecule has 0 unspecified atom stereocenters. The molecule has 0 saturated carbocycles. The second kappa shape index (κ2) is 17.4. The SMILES string of the molecule is COC(=O)C[C@H](c1cc(OC)c(OC(C)=O)c(OC)c1)c1oc(CN2CCc3cc(OC)c(OC)cc3[C@@H]2c2cc(OC)c(OC)c(OC)c2)cc(=O)c1O. The van der Waals surface area contributed by atoms with Gasteiger partial charge >= 0.3 is 11.9 Å². The van der Waals surface area contributed by atoms with E-state index in [-0.39, 0.29) is 41.7 Å². The van der Waals surface area contributed by atoms with Crippen LogP contribution in [-0.4, -0.2) is 85.4 Å². The van der Waals surface area contributed by atoms with E-state index in [4.69, 9.17) is 47.0 Å². The highest BCUT2D eigenvalue weighted by Gasteiger charge is 2.34. The van der Waals surface area contributed by atoms with Crippen LogP contribution in [-0.2, 0) is 27.3 Å². The van der Waals surface area contributed by atoms with Crippen molar-refractivity contribution in [1.82, 2.24) is 4.90 Å². The maximum atomic E-state index is 13.5. The first-order valence-electron chi connectivity index (χ1n) is 17.1. The largest absolute Gasteiger partial charge is 0.502 e. The van der Waals surface area contributed by atoms with Crippen molar-refractivity contribution < 1.29 is 61.7 Å². The molecule has 4 aromatic rings. The Balaban J connectivity index is 1.67. The number of ether oxygens (including phenoxy) is 9. The minimum Gasteiger partial charge on any atom is -0.502 e. The van der Waals surface area contributed by atoms with Crippen molar-refractivity contribution in [3.63, 3.8) is 0 Å². The summed E-state index contributed by atoms with van der Waals surface area (Å²) in [5.74, 6) is -0.399. The van der Waals surface area contributed by atoms with E-state index in [9.17, 15) is 19.5 Å². The average molecular weight is 764 g/mol. The third-order valence-corrected chi connectivity index (χ3v) is 9.38. The van der Waals surface area contributed by atoms with Crippen LogP contribution in [0.1, 0.15) is 59.1 Å². The van der Waals surface area contributed by atoms with Gasteiger partial charge in [-0.15, -0.1) is 0 Å². The number of nitrogens with zero attached hydrogens (tertiary/aromatic N) is 1. The number of benzene rings is 3. The van der Waals surface area contributed by atoms with Crippen LogP contribution < -0.4 is 43.3 Å². The lowest BCUT2D eigenvalue weighted by atomic mass is 9.87. The van der Waals surface area contributed by atoms with Gasteiger partial charge in [-0.2, -0.15) is 0 Å². The zero-order valence-electron chi connectivity index (χ0n) is 32.2. The molecule has 0 saturated heterocycles. The summed E-state index contributed by atoms with van der Waals surface area (Å²) >= 11 is 0. The lowest BCUT2D eigenvalue weighted by molar-refractivity contribution is -0.141. The smallest absolute Gasteiger partial charge is 0.308 e. The Labute approximate surface area is 318 Å². The molecule has 0 amide bonds. The van der Waals surface area contributed by atoms with Crippen molar-refractivity contribution in [1.29, 1.82) is 0 Å². The van der Waals surface area contributed by atoms with E-state index >= 15 is 0 Å². The minimum atomic E-state index is -1.07. The Morgan fingerprint density at radius 2 is 1.33 bits per heavy atom. The summed E-state index contributed by atoms with van der Waals surface area (Å²) in [4.78, 5) is 40.4. The third kappa shape index (κ3) is 8.21. The van der Waals surface area contributed by atoms with Gasteiger partial charge in [-0.1, -0.05) is 0 Å². The van der Waals surface area contributed by atoms with Crippen LogP contribution in [0.5, 0.6) is 51.7 Å². The van der Waals surface area contributed by atoms with Gasteiger partial charge in [0.2, 0.25) is 22.7 Å². The molecule has 2 heterocycles. The van der Waals surface area contributed by atoms with Gasteiger partial charge in [0, 0.05) is 19.5 Å². The summed E-state index contributed by atoms with van der Waals surface area (Å²) in [7, 11) is 11.7. The minimum absolute atomic E-state index is 0.00922. The topological polar surface area (TPSA) is 171 Å². The molecule has 15 heteroatoms. The molecule has 1 aromatic heterocycles. The van der Waals surface area contributed by atoms with Gasteiger partial charge in [-0.05, 0) is 65.1 Å². The van der Waals surface area contributed by atoms with E-state index < -0.39 is 35.1 Å². The van der Waals surface area contributed by atoms with Crippen LogP contribution >= 0.6 is 0 Å². The van der Waals surface area contributed by atoms with Crippen LogP contribution in [0.15, 0.2) is 51.7 Å². The molecule has 2 atom stereocenters. The van der Waals surface area contributed by atoms with Crippen LogP contribution in [0.4, 0.5) is 0 Å². The normalized spacial score (nSPS) is 14.2. The lowest BCUT2D eigenvalue weighted by Gasteiger charge is -2.38. The fourth-order valence-electron chi connectivity index (χ4n) is 6.84. The van der Waals surface area contributed by atoms with Crippen molar-refractivity contribution in [2.75, 3.05) is 63.4 Å². The van der Waals surface area contributed by atoms with Crippen LogP contribution in [0.3, 0.4) is 0 Å². The zero-order valence-corrected chi connectivity index (χ0v) is 32.2. The number of hydrogen-bond acceptors (Lipinski definition) is 15. The van der Waals surface area contributed by atoms with Gasteiger partial charge in [0.1, 0.15) is 5.76 Å². The summed E-state index contributed by atoms with van der Waals surface area (Å²) in [6.07, 6.45) is 0.257. The van der Waals surface area contributed by atoms with Crippen molar-refractivity contribution in [2.24, 2.45) is 0 Å². The summed E-state index contributed by atoms with van der Waals surface area (Å²) in [5.41, 5.74) is 2.30. The van der Waals surface area contributed by atoms with E-state index in [1.807, 2.05) is 24.3 Å². The number of rotatable bonds is 15. The van der Waals surface area contributed by atoms with Gasteiger partial charge in [0.15, 0.2) is 40.3 Å². The summed E-state index contributed by atoms with van der Waals surface area (Å²) in [6.45, 7) is 1.81. The first-order valence-corrected chi connectivity index (χ1v) is 17.1. The summed E-state index contributed by atoms with van der Waals surface area (Å²) in [6, 6.07) is 11.3. The molecule has 55 heavy (non-hydrogen) atoms. The maximum absolute atomic E-state index is 13.5. The Kier molecular flexibility index (Phi) is 12.7. The highest BCUT2D eigenvalue weighted by atomic mass is 16.6. The molecule has 1 aliphatic heterocycles. The van der Waals surface area contributed by atoms with Gasteiger partial charge < -0.3 is 52.2 Å². The first-order chi connectivity index (χ1) is 26.4. The number of esters is 2. The molecule has 3 aromatic carbocycles. The highest BCUT2D eigenvalue weighted by Crippen LogP contribution is 2.47. The fourth-order valence-corrected chi connectivity index (χ4v) is 6.84. The molecule has 0 bridgehead atoms. The quantitative estimate of drug-likeness (QED) is 0.124. The molecule has 0 spiro atoms. The van der Waals surface area contributed by atoms with E-state index in [0.29, 0.717) is 47.3 Å². The average Bonchev–Trinajstić information content (AvgIpc) is 3.19. The van der Waals surface area contributed by atoms with E-state index in [1.165, 1.54) is 67.8 Å². The number of hydrogen-bond donors (Lipinski definition) is 1. The maximum Gasteiger partial charge on any atom is 0.308 e. The van der Waals surface area contributed by atoms with E-state index in [1.54, 1.807) is 14.2 Å². The second-order valence-electron chi connectivity index (χ2n) is 12.5. The molecule has 1 aliphatic rings. The van der Waals surface area contributed by atoms with E-state index in [0.717, 1.165) is 16.7 Å². The van der Waals surface area contributed by atoms with Crippen molar-refractivity contribution in [2.45, 2.75) is 38.3 Å². The number of fused-ring (bicyclic) bond motifs is 1. The van der Waals surface area contributed by atoms with Gasteiger partial charge in [-0.25, -0.2) is 0 Å². The van der Waals surface area contributed by atoms with Gasteiger partial charge in [0.05, 0.1) is 81.8 Å². The zero-order chi connectivity index (χ0) is 40.0. The monoisotopic (exact) mass is 763 g/mol. The van der Waals surface area contributed by atoms with Crippen molar-refractivity contribution >= 4 is 11.9 Å². The second-order valence-corrected chi connectivity index (χ2v) is 12.5. The number of carbonyl (C=O) groups is 2. The molecule has 294 valence electrons. The van der Waals surface area contributed by atoms with Gasteiger partial charge in [0.25, 0.3) is 0 Å². The fraction of sp³-hybridized carbons (Fsp3) is 0.375. The molecule has 0 fully saturated rings. The van der Waals surface area contributed by atoms with Crippen molar-refractivity contribution in [3.8, 4) is 51.7 Å². The molecular formula is C40H45NO14. The lowest BCUT2D eigenvalue weighted by Crippen LogP contribution is -2.36. The van der Waals surface area contributed by atoms with E-state index in [2.05, 4.69) is 4.90 Å². The standard InChI is InChI=1S/C40H45NO14/c1-21(42)54-40-33(50-6)13-23(14-34(40)51-7)27(19-35(44)52-8)38-37(45)28(43)17-25(55-38)20-41-11-10-22-12-29(46-2)30(47-3)18-26(22)36(41)24-15-31(48-4)39(53-9)32(16-24)49-5/h12-18,27,36,45H,10-11,19-20H2,1-9H3/t27-,36+/m1/s1. The van der Waals surface area contributed by atoms with Crippen molar-refractivity contribution in [3.05, 3.63) is 86.5 Å². The van der Waals surface area contributed by atoms with Crippen LogP contribution in [0.2, 0.25) is 0 Å². The number of aromatic hydroxyl groups is 1. The molecular weight excluding hydrogens is 718 g/mol. The third-order valence-electron chi connectivity index (χ3n) is 9.38. The number of methoxy groups -OCH3 is 8. The Bertz CT molecular complexity index is 2060. The summed E-state index contributed by atoms with van der Waals surface area (Å²) in [5, 5.41) is 11.2. The Morgan fingerprint density at radius 1 is 0.764 bits per heavy atom. The Morgan fingerprint density at radius 3 is 1.85 bits per heavy atom. The van der Waals surface area contributed by atoms with Gasteiger partial charge in [-0.3, -0.25) is 19.3 Å². The molecule has 1 N–H and O–H groups in total. The Hall–Kier alpha value is -6.09. The predicted molar refractivity (Wildman–Crippen MR) is 198 cm³/mol.